The van der Waals surface area contributed by atoms with Gasteiger partial charge in [-0.05, 0) is 40.9 Å². The second-order valence-corrected chi connectivity index (χ2v) is 6.02. The lowest BCUT2D eigenvalue weighted by Gasteiger charge is -2.06. The average Bonchev–Trinajstić information content (AvgIpc) is 3.19. The molecule has 1 heterocycles. The van der Waals surface area contributed by atoms with E-state index in [1.54, 1.807) is 24.3 Å². The van der Waals surface area contributed by atoms with Crippen molar-refractivity contribution in [2.45, 2.75) is 0 Å². The molecule has 0 atom stereocenters. The maximum atomic E-state index is 11.4. The van der Waals surface area contributed by atoms with Gasteiger partial charge in [-0.15, -0.1) is 10.2 Å². The molecule has 0 N–H and O–H groups in total. The first-order valence-electron chi connectivity index (χ1n) is 8.01. The summed E-state index contributed by atoms with van der Waals surface area (Å²) >= 11 is 5.55. The van der Waals surface area contributed by atoms with Crippen LogP contribution in [0.25, 0.3) is 34.0 Å². The minimum Gasteiger partial charge on any atom is -0.416 e. The number of halogens is 1. The van der Waals surface area contributed by atoms with Crippen LogP contribution < -0.4 is 0 Å². The molecular weight excluding hydrogens is 348 g/mol. The molecule has 26 heavy (non-hydrogen) atoms. The van der Waals surface area contributed by atoms with Crippen molar-refractivity contribution < 1.29 is 9.21 Å². The number of hydrogen-bond acceptors (Lipinski definition) is 4. The maximum absolute atomic E-state index is 11.4. The molecule has 4 rings (SSSR count). The fraction of sp³-hybridized carbons (Fsp3) is 0. The van der Waals surface area contributed by atoms with Crippen LogP contribution in [0, 0.1) is 0 Å². The zero-order chi connectivity index (χ0) is 17.9. The number of nitrogens with zero attached hydrogens (tertiary/aromatic N) is 2. The summed E-state index contributed by atoms with van der Waals surface area (Å²) in [4.78, 5) is 11.4. The molecular formula is C21H13ClN2O2. The van der Waals surface area contributed by atoms with Gasteiger partial charge in [0.15, 0.2) is 0 Å². The van der Waals surface area contributed by atoms with E-state index in [-0.39, 0.29) is 0 Å². The summed E-state index contributed by atoms with van der Waals surface area (Å²) < 4.78 is 5.88. The molecule has 5 heteroatoms. The third kappa shape index (κ3) is 3.15. The molecule has 1 aromatic heterocycles. The molecule has 0 fully saturated rings. The molecule has 0 aliphatic rings. The minimum atomic E-state index is -0.527. The second kappa shape index (κ2) is 6.94. The number of hydrogen-bond donors (Lipinski definition) is 0. The number of rotatable bonds is 4. The smallest absolute Gasteiger partial charge is 0.252 e. The Morgan fingerprint density at radius 1 is 0.731 bits per heavy atom. The third-order valence-corrected chi connectivity index (χ3v) is 4.22. The first-order chi connectivity index (χ1) is 12.7. The van der Waals surface area contributed by atoms with Crippen molar-refractivity contribution in [3.05, 3.63) is 84.4 Å². The SMILES string of the molecule is O=C(Cl)c1cccc(-c2nnc(-c3ccccc3-c3ccccc3)o2)c1. The molecule has 3 aromatic carbocycles. The third-order valence-electron chi connectivity index (χ3n) is 4.00. The molecule has 0 aliphatic heterocycles. The van der Waals surface area contributed by atoms with Gasteiger partial charge in [-0.1, -0.05) is 60.7 Å². The molecule has 0 unspecified atom stereocenters. The number of benzene rings is 3. The standard InChI is InChI=1S/C21H13ClN2O2/c22-19(25)15-9-6-10-16(13-15)20-23-24-21(26-20)18-12-5-4-11-17(18)14-7-2-1-3-8-14/h1-13H. The first kappa shape index (κ1) is 16.2. The van der Waals surface area contributed by atoms with E-state index < -0.39 is 5.24 Å². The van der Waals surface area contributed by atoms with Crippen LogP contribution in [-0.4, -0.2) is 15.4 Å². The van der Waals surface area contributed by atoms with Gasteiger partial charge in [-0.2, -0.15) is 0 Å². The van der Waals surface area contributed by atoms with Gasteiger partial charge in [0.2, 0.25) is 11.8 Å². The van der Waals surface area contributed by atoms with Crippen molar-refractivity contribution in [2.75, 3.05) is 0 Å². The van der Waals surface area contributed by atoms with E-state index in [9.17, 15) is 4.79 Å². The topological polar surface area (TPSA) is 56.0 Å². The predicted molar refractivity (Wildman–Crippen MR) is 101 cm³/mol. The van der Waals surface area contributed by atoms with Crippen LogP contribution >= 0.6 is 11.6 Å². The van der Waals surface area contributed by atoms with Crippen LogP contribution in [0.1, 0.15) is 10.4 Å². The van der Waals surface area contributed by atoms with Crippen molar-refractivity contribution in [2.24, 2.45) is 0 Å². The van der Waals surface area contributed by atoms with Crippen molar-refractivity contribution in [1.82, 2.24) is 10.2 Å². The second-order valence-electron chi connectivity index (χ2n) is 5.68. The molecule has 0 spiro atoms. The number of carbonyl (C=O) groups is 1. The predicted octanol–water partition coefficient (Wildman–Crippen LogP) is 5.45. The Kier molecular flexibility index (Phi) is 4.33. The van der Waals surface area contributed by atoms with E-state index in [2.05, 4.69) is 10.2 Å². The van der Waals surface area contributed by atoms with Gasteiger partial charge >= 0.3 is 0 Å². The van der Waals surface area contributed by atoms with Crippen LogP contribution in [-0.2, 0) is 0 Å². The van der Waals surface area contributed by atoms with Crippen molar-refractivity contribution in [1.29, 1.82) is 0 Å². The summed E-state index contributed by atoms with van der Waals surface area (Å²) in [5.41, 5.74) is 3.95. The van der Waals surface area contributed by atoms with E-state index in [1.165, 1.54) is 0 Å². The molecule has 0 saturated heterocycles. The normalized spacial score (nSPS) is 10.7. The summed E-state index contributed by atoms with van der Waals surface area (Å²) in [6.45, 7) is 0. The van der Waals surface area contributed by atoms with Gasteiger partial charge in [0, 0.05) is 16.7 Å². The highest BCUT2D eigenvalue weighted by Crippen LogP contribution is 2.32. The average molecular weight is 361 g/mol. The quantitative estimate of drug-likeness (QED) is 0.454. The first-order valence-corrected chi connectivity index (χ1v) is 8.39. The molecule has 0 amide bonds. The van der Waals surface area contributed by atoms with E-state index in [0.717, 1.165) is 16.7 Å². The van der Waals surface area contributed by atoms with E-state index in [0.29, 0.717) is 22.9 Å². The van der Waals surface area contributed by atoms with Crippen LogP contribution in [0.15, 0.2) is 83.3 Å². The van der Waals surface area contributed by atoms with E-state index >= 15 is 0 Å². The van der Waals surface area contributed by atoms with Gasteiger partial charge in [-0.3, -0.25) is 4.79 Å². The van der Waals surface area contributed by atoms with Crippen LogP contribution in [0.4, 0.5) is 0 Å². The molecule has 0 saturated carbocycles. The van der Waals surface area contributed by atoms with Crippen LogP contribution in [0.2, 0.25) is 0 Å². The van der Waals surface area contributed by atoms with Gasteiger partial charge in [0.05, 0.1) is 0 Å². The lowest BCUT2D eigenvalue weighted by atomic mass is 10.00. The summed E-state index contributed by atoms with van der Waals surface area (Å²) in [6.07, 6.45) is 0. The molecule has 0 bridgehead atoms. The molecule has 0 radical (unpaired) electrons. The summed E-state index contributed by atoms with van der Waals surface area (Å²) in [6, 6.07) is 24.7. The lowest BCUT2D eigenvalue weighted by Crippen LogP contribution is -1.88. The van der Waals surface area contributed by atoms with Crippen molar-refractivity contribution in [3.8, 4) is 34.0 Å². The highest BCUT2D eigenvalue weighted by Gasteiger charge is 2.15. The zero-order valence-corrected chi connectivity index (χ0v) is 14.4. The van der Waals surface area contributed by atoms with Crippen molar-refractivity contribution in [3.63, 3.8) is 0 Å². The summed E-state index contributed by atoms with van der Waals surface area (Å²) in [5.74, 6) is 0.754. The van der Waals surface area contributed by atoms with E-state index in [4.69, 9.17) is 16.0 Å². The Labute approximate surface area is 155 Å². The highest BCUT2D eigenvalue weighted by molar-refractivity contribution is 6.67. The molecule has 0 aliphatic carbocycles. The number of carbonyl (C=O) groups excluding carboxylic acids is 1. The lowest BCUT2D eigenvalue weighted by molar-refractivity contribution is 0.108. The Morgan fingerprint density at radius 2 is 1.38 bits per heavy atom. The Hall–Kier alpha value is -3.24. The largest absolute Gasteiger partial charge is 0.416 e. The minimum absolute atomic E-state index is 0.336. The van der Waals surface area contributed by atoms with Gasteiger partial charge in [0.1, 0.15) is 0 Å². The van der Waals surface area contributed by atoms with Gasteiger partial charge in [0.25, 0.3) is 5.24 Å². The van der Waals surface area contributed by atoms with E-state index in [1.807, 2.05) is 54.6 Å². The zero-order valence-electron chi connectivity index (χ0n) is 13.6. The Balaban J connectivity index is 1.76. The van der Waals surface area contributed by atoms with Gasteiger partial charge in [-0.25, -0.2) is 0 Å². The van der Waals surface area contributed by atoms with Crippen molar-refractivity contribution >= 4 is 16.8 Å². The molecule has 126 valence electrons. The highest BCUT2D eigenvalue weighted by atomic mass is 35.5. The number of aromatic nitrogens is 2. The van der Waals surface area contributed by atoms with Crippen LogP contribution in [0.5, 0.6) is 0 Å². The fourth-order valence-electron chi connectivity index (χ4n) is 2.76. The Bertz CT molecular complexity index is 1070. The fourth-order valence-corrected chi connectivity index (χ4v) is 2.88. The molecule has 4 nitrogen and oxygen atoms in total. The van der Waals surface area contributed by atoms with Crippen LogP contribution in [0.3, 0.4) is 0 Å². The maximum Gasteiger partial charge on any atom is 0.252 e. The van der Waals surface area contributed by atoms with Gasteiger partial charge < -0.3 is 4.42 Å². The molecule has 4 aromatic rings. The summed E-state index contributed by atoms with van der Waals surface area (Å²) in [7, 11) is 0. The Morgan fingerprint density at radius 3 is 2.15 bits per heavy atom. The monoisotopic (exact) mass is 360 g/mol. The summed E-state index contributed by atoms with van der Waals surface area (Å²) in [5, 5.41) is 7.79.